The number of likely N-dealkylation sites (tertiary alicyclic amines) is 1. The van der Waals surface area contributed by atoms with Crippen LogP contribution in [-0.4, -0.2) is 54.1 Å². The third-order valence-corrected chi connectivity index (χ3v) is 9.00. The molecular weight excluding hydrogens is 496 g/mol. The van der Waals surface area contributed by atoms with Crippen molar-refractivity contribution in [3.05, 3.63) is 84.4 Å². The summed E-state index contributed by atoms with van der Waals surface area (Å²) >= 11 is 0. The van der Waals surface area contributed by atoms with E-state index in [9.17, 15) is 4.79 Å². The van der Waals surface area contributed by atoms with E-state index in [4.69, 9.17) is 4.74 Å². The van der Waals surface area contributed by atoms with Gasteiger partial charge in [0.1, 0.15) is 0 Å². The molecule has 0 bridgehead atoms. The van der Waals surface area contributed by atoms with Gasteiger partial charge in [0.15, 0.2) is 5.82 Å². The van der Waals surface area contributed by atoms with Crippen molar-refractivity contribution in [2.75, 3.05) is 27.2 Å². The summed E-state index contributed by atoms with van der Waals surface area (Å²) in [6.07, 6.45) is 11.1. The summed E-state index contributed by atoms with van der Waals surface area (Å²) in [4.78, 5) is 24.1. The summed E-state index contributed by atoms with van der Waals surface area (Å²) in [6.45, 7) is 7.56. The van der Waals surface area contributed by atoms with Crippen LogP contribution in [0.15, 0.2) is 73.3 Å². The molecule has 1 aliphatic carbocycles. The highest BCUT2D eigenvalue weighted by molar-refractivity contribution is 5.83. The third-order valence-electron chi connectivity index (χ3n) is 9.00. The van der Waals surface area contributed by atoms with Crippen molar-refractivity contribution in [2.45, 2.75) is 57.4 Å². The first kappa shape index (κ1) is 28.0. The fourth-order valence-electron chi connectivity index (χ4n) is 6.07. The van der Waals surface area contributed by atoms with Crippen LogP contribution in [0.25, 0.3) is 22.5 Å². The van der Waals surface area contributed by atoms with Crippen molar-refractivity contribution < 1.29 is 9.53 Å². The summed E-state index contributed by atoms with van der Waals surface area (Å²) < 4.78 is 5.21. The summed E-state index contributed by atoms with van der Waals surface area (Å²) in [5.41, 5.74) is 5.69. The minimum atomic E-state index is -0.268. The minimum absolute atomic E-state index is 0.113. The molecule has 2 aromatic carbocycles. The van der Waals surface area contributed by atoms with Gasteiger partial charge in [0.25, 0.3) is 0 Å². The van der Waals surface area contributed by atoms with E-state index >= 15 is 0 Å². The number of methoxy groups -OCH3 is 1. The molecule has 1 atom stereocenters. The van der Waals surface area contributed by atoms with Gasteiger partial charge in [-0.05, 0) is 67.7 Å². The molecular formula is C34H42N4O2. The standard InChI is InChI=1S/C34H42N4O2/c1-5-24-6-10-26(11-7-24)27-14-16-28(17-15-27)30-19-36-33(37-20-30)29-12-8-25(9-13-29)18-32(35-3)34(39)38-21-31(22-38)23(2)40-4/h8-9,12-17,19-20,24,26,31-32,35H,2,5-7,10-11,18,21-22H2,1,3-4H3/t24-,26-,32-/m0/s1. The molecule has 1 N–H and O–H groups in total. The molecule has 1 saturated carbocycles. The Labute approximate surface area is 238 Å². The zero-order valence-corrected chi connectivity index (χ0v) is 24.1. The molecule has 1 aliphatic heterocycles. The normalized spacial score (nSPS) is 20.0. The summed E-state index contributed by atoms with van der Waals surface area (Å²) in [5.74, 6) is 3.40. The van der Waals surface area contributed by atoms with E-state index in [1.165, 1.54) is 37.7 Å². The van der Waals surface area contributed by atoms with E-state index in [0.29, 0.717) is 31.3 Å². The first-order valence-corrected chi connectivity index (χ1v) is 14.7. The Morgan fingerprint density at radius 3 is 2.17 bits per heavy atom. The second-order valence-electron chi connectivity index (χ2n) is 11.4. The number of amides is 1. The molecule has 1 saturated heterocycles. The van der Waals surface area contributed by atoms with Crippen molar-refractivity contribution in [2.24, 2.45) is 11.8 Å². The number of hydrogen-bond donors (Lipinski definition) is 1. The van der Waals surface area contributed by atoms with Crippen molar-refractivity contribution in [3.63, 3.8) is 0 Å². The highest BCUT2D eigenvalue weighted by atomic mass is 16.5. The molecule has 6 heteroatoms. The monoisotopic (exact) mass is 538 g/mol. The van der Waals surface area contributed by atoms with Crippen LogP contribution in [0.2, 0.25) is 0 Å². The highest BCUT2D eigenvalue weighted by Gasteiger charge is 2.36. The summed E-state index contributed by atoms with van der Waals surface area (Å²) in [7, 11) is 3.46. The second-order valence-corrected chi connectivity index (χ2v) is 11.4. The number of aromatic nitrogens is 2. The lowest BCUT2D eigenvalue weighted by Gasteiger charge is -2.41. The fourth-order valence-corrected chi connectivity index (χ4v) is 6.07. The maximum Gasteiger partial charge on any atom is 0.240 e. The Balaban J connectivity index is 1.17. The smallest absolute Gasteiger partial charge is 0.240 e. The molecule has 0 unspecified atom stereocenters. The zero-order chi connectivity index (χ0) is 28.1. The first-order valence-electron chi connectivity index (χ1n) is 14.7. The van der Waals surface area contributed by atoms with Gasteiger partial charge in [-0.1, -0.05) is 68.5 Å². The van der Waals surface area contributed by atoms with E-state index in [0.717, 1.165) is 33.9 Å². The number of nitrogens with zero attached hydrogens (tertiary/aromatic N) is 3. The molecule has 2 heterocycles. The van der Waals surface area contributed by atoms with Crippen molar-refractivity contribution in [1.82, 2.24) is 20.2 Å². The first-order chi connectivity index (χ1) is 19.5. The highest BCUT2D eigenvalue weighted by Crippen LogP contribution is 2.37. The number of benzene rings is 2. The van der Waals surface area contributed by atoms with Crippen molar-refractivity contribution in [1.29, 1.82) is 0 Å². The number of likely N-dealkylation sites (N-methyl/N-ethyl adjacent to an activating group) is 1. The van der Waals surface area contributed by atoms with Crippen molar-refractivity contribution in [3.8, 4) is 22.5 Å². The van der Waals surface area contributed by atoms with Gasteiger partial charge >= 0.3 is 0 Å². The van der Waals surface area contributed by atoms with E-state index in [1.807, 2.05) is 36.5 Å². The van der Waals surface area contributed by atoms with Gasteiger partial charge in [-0.15, -0.1) is 0 Å². The molecule has 1 amide bonds. The molecule has 2 fully saturated rings. The van der Waals surface area contributed by atoms with E-state index in [2.05, 4.69) is 65.2 Å². The fraction of sp³-hybridized carbons (Fsp3) is 0.441. The molecule has 5 rings (SSSR count). The Kier molecular flexibility index (Phi) is 8.95. The largest absolute Gasteiger partial charge is 0.501 e. The molecule has 2 aliphatic rings. The number of carbonyl (C=O) groups is 1. The number of hydrogen-bond acceptors (Lipinski definition) is 5. The predicted octanol–water partition coefficient (Wildman–Crippen LogP) is 6.24. The van der Waals surface area contributed by atoms with E-state index < -0.39 is 0 Å². The molecule has 3 aromatic rings. The topological polar surface area (TPSA) is 67.3 Å². The van der Waals surface area contributed by atoms with Gasteiger partial charge in [0, 0.05) is 36.6 Å². The zero-order valence-electron chi connectivity index (χ0n) is 24.1. The van der Waals surface area contributed by atoms with Crippen LogP contribution >= 0.6 is 0 Å². The van der Waals surface area contributed by atoms with Gasteiger partial charge in [0.2, 0.25) is 5.91 Å². The van der Waals surface area contributed by atoms with Gasteiger partial charge in [-0.2, -0.15) is 0 Å². The van der Waals surface area contributed by atoms with Crippen LogP contribution in [0.5, 0.6) is 0 Å². The SMILES string of the molecule is C=C(OC)C1CN(C(=O)[C@H](Cc2ccc(-c3ncc(-c4ccc([C@H]5CC[C@H](CC)CC5)cc4)cn3)cc2)NC)C1. The van der Waals surface area contributed by atoms with Gasteiger partial charge in [0.05, 0.1) is 24.8 Å². The summed E-state index contributed by atoms with van der Waals surface area (Å²) in [6, 6.07) is 16.9. The lowest BCUT2D eigenvalue weighted by molar-refractivity contribution is -0.139. The molecule has 0 radical (unpaired) electrons. The lowest BCUT2D eigenvalue weighted by atomic mass is 9.78. The van der Waals surface area contributed by atoms with Crippen LogP contribution < -0.4 is 5.32 Å². The van der Waals surface area contributed by atoms with Gasteiger partial charge in [-0.3, -0.25) is 4.79 Å². The van der Waals surface area contributed by atoms with Crippen LogP contribution in [0, 0.1) is 11.8 Å². The Hall–Kier alpha value is -3.51. The predicted molar refractivity (Wildman–Crippen MR) is 161 cm³/mol. The molecule has 40 heavy (non-hydrogen) atoms. The Bertz CT molecular complexity index is 1270. The molecule has 1 aromatic heterocycles. The maximum atomic E-state index is 12.9. The summed E-state index contributed by atoms with van der Waals surface area (Å²) in [5, 5.41) is 3.18. The van der Waals surface area contributed by atoms with Crippen LogP contribution in [0.1, 0.15) is 56.1 Å². The number of ether oxygens (including phenoxy) is 1. The third kappa shape index (κ3) is 6.28. The Morgan fingerprint density at radius 1 is 0.975 bits per heavy atom. The molecule has 6 nitrogen and oxygen atoms in total. The molecule has 0 spiro atoms. The minimum Gasteiger partial charge on any atom is -0.501 e. The lowest BCUT2D eigenvalue weighted by Crippen LogP contribution is -2.56. The number of rotatable bonds is 10. The maximum absolute atomic E-state index is 12.9. The number of nitrogens with one attached hydrogen (secondary N) is 1. The Morgan fingerprint density at radius 2 is 1.60 bits per heavy atom. The van der Waals surface area contributed by atoms with E-state index in [1.54, 1.807) is 7.11 Å². The van der Waals surface area contributed by atoms with Gasteiger partial charge < -0.3 is 15.0 Å². The van der Waals surface area contributed by atoms with Crippen LogP contribution in [0.4, 0.5) is 0 Å². The molecule has 210 valence electrons. The van der Waals surface area contributed by atoms with Crippen LogP contribution in [0.3, 0.4) is 0 Å². The quantitative estimate of drug-likeness (QED) is 0.309. The van der Waals surface area contributed by atoms with Crippen LogP contribution in [-0.2, 0) is 16.0 Å². The average molecular weight is 539 g/mol. The van der Waals surface area contributed by atoms with Crippen molar-refractivity contribution >= 4 is 5.91 Å². The van der Waals surface area contributed by atoms with Gasteiger partial charge in [-0.25, -0.2) is 9.97 Å². The number of carbonyl (C=O) groups excluding carboxylic acids is 1. The average Bonchev–Trinajstić information content (AvgIpc) is 2.99. The second kappa shape index (κ2) is 12.8. The van der Waals surface area contributed by atoms with E-state index in [-0.39, 0.29) is 17.9 Å².